The summed E-state index contributed by atoms with van der Waals surface area (Å²) < 4.78 is 0. The van der Waals surface area contributed by atoms with Crippen molar-refractivity contribution in [2.45, 2.75) is 58.2 Å². The lowest BCUT2D eigenvalue weighted by molar-refractivity contribution is 0.702. The largest absolute Gasteiger partial charge is 0.147 e. The molecule has 4 radical (unpaired) electrons. The summed E-state index contributed by atoms with van der Waals surface area (Å²) >= 11 is 0. The van der Waals surface area contributed by atoms with Crippen LogP contribution in [0.4, 0.5) is 0 Å². The first-order chi connectivity index (χ1) is 5.91. The molecule has 0 heterocycles. The average molecular weight is 196 g/mol. The molecule has 1 aliphatic carbocycles. The first-order valence-corrected chi connectivity index (χ1v) is 5.28. The Kier molecular flexibility index (Phi) is 18.4. The van der Waals surface area contributed by atoms with Gasteiger partial charge in [0.05, 0.1) is 7.17 Å². The van der Waals surface area contributed by atoms with Crippen LogP contribution < -0.4 is 0 Å². The predicted molar refractivity (Wildman–Crippen MR) is 67.3 cm³/mol. The Bertz CT molecular complexity index is 59.6. The number of rotatable bonds is 2. The van der Waals surface area contributed by atoms with Gasteiger partial charge in [0.25, 0.3) is 0 Å². The van der Waals surface area contributed by atoms with Gasteiger partial charge in [0.2, 0.25) is 0 Å². The predicted octanol–water partition coefficient (Wildman–Crippen LogP) is 2.98. The van der Waals surface area contributed by atoms with Gasteiger partial charge in [-0.15, -0.1) is 12.4 Å². The topological polar surface area (TPSA) is 0 Å². The van der Waals surface area contributed by atoms with Gasteiger partial charge in [-0.25, -0.2) is 0 Å². The molecule has 0 saturated heterocycles. The minimum atomic E-state index is 0. The Balaban J connectivity index is 0. The molecule has 13 heavy (non-hydrogen) atoms. The molecule has 0 aromatic heterocycles. The van der Waals surface area contributed by atoms with Crippen LogP contribution in [0.5, 0.6) is 0 Å². The zero-order valence-corrected chi connectivity index (χ0v) is 9.61. The van der Waals surface area contributed by atoms with Gasteiger partial charge in [-0.1, -0.05) is 58.2 Å². The standard InChI is InChI=1S/C7H14.C2H5B3.ClH/c1-2-4-6-7-5-3-1;1-2-4-5-3;/h1-7H2;2H2,1H3;1H. The van der Waals surface area contributed by atoms with Gasteiger partial charge in [-0.2, -0.15) is 0 Å². The van der Waals surface area contributed by atoms with E-state index in [-0.39, 0.29) is 12.4 Å². The molecular formula is C9H20B3Cl. The van der Waals surface area contributed by atoms with Crippen LogP contribution in [0.15, 0.2) is 0 Å². The van der Waals surface area contributed by atoms with Gasteiger partial charge in [-0.05, 0) is 0 Å². The van der Waals surface area contributed by atoms with Gasteiger partial charge in [0.1, 0.15) is 0 Å². The van der Waals surface area contributed by atoms with Crippen LogP contribution in [-0.2, 0) is 0 Å². The van der Waals surface area contributed by atoms with Gasteiger partial charge >= 0.3 is 0 Å². The normalized spacial score (nSPS) is 15.5. The molecule has 0 aliphatic heterocycles. The van der Waals surface area contributed by atoms with E-state index in [0.29, 0.717) is 0 Å². The lowest BCUT2D eigenvalue weighted by atomic mass is 9.27. The van der Waals surface area contributed by atoms with E-state index >= 15 is 0 Å². The molecule has 0 nitrogen and oxygen atoms in total. The van der Waals surface area contributed by atoms with Gasteiger partial charge < -0.3 is 0 Å². The fraction of sp³-hybridized carbons (Fsp3) is 1.00. The van der Waals surface area contributed by atoms with E-state index in [9.17, 15) is 0 Å². The smallest absolute Gasteiger partial charge is 0.0541 e. The third-order valence-corrected chi connectivity index (χ3v) is 2.12. The summed E-state index contributed by atoms with van der Waals surface area (Å²) in [7, 11) is 8.42. The monoisotopic (exact) mass is 196 g/mol. The van der Waals surface area contributed by atoms with E-state index in [1.807, 2.05) is 14.1 Å². The highest BCUT2D eigenvalue weighted by molar-refractivity contribution is 7.23. The molecule has 1 saturated carbocycles. The number of hydrogen-bond acceptors (Lipinski definition) is 0. The second-order valence-corrected chi connectivity index (χ2v) is 3.31. The van der Waals surface area contributed by atoms with Crippen LogP contribution in [0, 0.1) is 0 Å². The van der Waals surface area contributed by atoms with E-state index in [1.165, 1.54) is 44.9 Å². The summed E-state index contributed by atoms with van der Waals surface area (Å²) in [5.74, 6) is 0. The van der Waals surface area contributed by atoms with Crippen molar-refractivity contribution in [1.82, 2.24) is 0 Å². The van der Waals surface area contributed by atoms with Gasteiger partial charge in [0, 0.05) is 14.8 Å². The van der Waals surface area contributed by atoms with E-state index in [2.05, 4.69) is 0 Å². The zero-order chi connectivity index (χ0) is 9.07. The molecule has 1 rings (SSSR count). The number of hydrogen-bond donors (Lipinski definition) is 0. The molecule has 0 spiro atoms. The summed E-state index contributed by atoms with van der Waals surface area (Å²) in [6.45, 7) is 2.04. The lowest BCUT2D eigenvalue weighted by Crippen LogP contribution is -1.98. The maximum absolute atomic E-state index is 4.96. The molecule has 0 unspecified atom stereocenters. The van der Waals surface area contributed by atoms with Crippen LogP contribution in [0.25, 0.3) is 0 Å². The van der Waals surface area contributed by atoms with Crippen molar-refractivity contribution in [3.63, 3.8) is 0 Å². The molecule has 1 fully saturated rings. The van der Waals surface area contributed by atoms with Crippen LogP contribution >= 0.6 is 12.4 Å². The average Bonchev–Trinajstić information content (AvgIpc) is 2.37. The highest BCUT2D eigenvalue weighted by atomic mass is 35.5. The molecule has 4 heteroatoms. The molecule has 0 aromatic rings. The number of halogens is 1. The van der Waals surface area contributed by atoms with E-state index in [1.54, 1.807) is 7.06 Å². The Morgan fingerprint density at radius 3 is 1.31 bits per heavy atom. The van der Waals surface area contributed by atoms with Crippen molar-refractivity contribution in [3.8, 4) is 0 Å². The van der Waals surface area contributed by atoms with Gasteiger partial charge in [0.15, 0.2) is 0 Å². The van der Waals surface area contributed by atoms with Crippen molar-refractivity contribution in [2.75, 3.05) is 0 Å². The molecule has 72 valence electrons. The molecule has 0 aromatic carbocycles. The maximum atomic E-state index is 4.96. The molecule has 1 aliphatic rings. The molecule has 0 atom stereocenters. The van der Waals surface area contributed by atoms with Crippen molar-refractivity contribution in [3.05, 3.63) is 0 Å². The van der Waals surface area contributed by atoms with Crippen LogP contribution in [0.3, 0.4) is 0 Å². The summed E-state index contributed by atoms with van der Waals surface area (Å²) in [5, 5.41) is 0. The molecule has 0 amide bonds. The minimum absolute atomic E-state index is 0. The van der Waals surface area contributed by atoms with Crippen LogP contribution in [-0.4, -0.2) is 22.0 Å². The zero-order valence-electron chi connectivity index (χ0n) is 8.80. The fourth-order valence-electron chi connectivity index (χ4n) is 1.37. The first-order valence-electron chi connectivity index (χ1n) is 5.28. The van der Waals surface area contributed by atoms with Crippen LogP contribution in [0.1, 0.15) is 51.9 Å². The van der Waals surface area contributed by atoms with Crippen molar-refractivity contribution in [2.24, 2.45) is 0 Å². The Labute approximate surface area is 92.9 Å². The van der Waals surface area contributed by atoms with Gasteiger partial charge in [-0.3, -0.25) is 0 Å². The third kappa shape index (κ3) is 15.3. The second kappa shape index (κ2) is 15.0. The Hall–Kier alpha value is 0.485. The molecule has 0 bridgehead atoms. The minimum Gasteiger partial charge on any atom is -0.147 e. The van der Waals surface area contributed by atoms with Crippen molar-refractivity contribution < 1.29 is 0 Å². The van der Waals surface area contributed by atoms with E-state index in [4.69, 9.17) is 7.74 Å². The van der Waals surface area contributed by atoms with E-state index < -0.39 is 0 Å². The van der Waals surface area contributed by atoms with E-state index in [0.717, 1.165) is 6.32 Å². The lowest BCUT2D eigenvalue weighted by Gasteiger charge is -1.85. The van der Waals surface area contributed by atoms with Crippen LogP contribution in [0.2, 0.25) is 6.32 Å². The SMILES string of the molecule is C1CCCCCC1.Cl.[B][B][B]CC. The fourth-order valence-corrected chi connectivity index (χ4v) is 1.37. The summed E-state index contributed by atoms with van der Waals surface area (Å²) in [6, 6.07) is 0. The maximum Gasteiger partial charge on any atom is 0.0541 e. The highest BCUT2D eigenvalue weighted by Gasteiger charge is 1.95. The highest BCUT2D eigenvalue weighted by Crippen LogP contribution is 2.15. The summed E-state index contributed by atoms with van der Waals surface area (Å²) in [4.78, 5) is 0. The third-order valence-electron chi connectivity index (χ3n) is 2.12. The molecule has 0 N–H and O–H groups in total. The van der Waals surface area contributed by atoms with Crippen molar-refractivity contribution in [1.29, 1.82) is 0 Å². The second-order valence-electron chi connectivity index (χ2n) is 3.31. The summed E-state index contributed by atoms with van der Waals surface area (Å²) in [6.07, 6.45) is 11.5. The molecular weight excluding hydrogens is 176 g/mol. The first kappa shape index (κ1) is 15.9. The Morgan fingerprint density at radius 2 is 1.23 bits per heavy atom. The van der Waals surface area contributed by atoms with Crippen molar-refractivity contribution >= 4 is 34.4 Å². The summed E-state index contributed by atoms with van der Waals surface area (Å²) in [5.41, 5.74) is 0. The quantitative estimate of drug-likeness (QED) is 0.470. The Morgan fingerprint density at radius 1 is 0.923 bits per heavy atom.